The Morgan fingerprint density at radius 2 is 2.09 bits per heavy atom. The van der Waals surface area contributed by atoms with E-state index in [2.05, 4.69) is 47.7 Å². The molecule has 60 valence electrons. The quantitative estimate of drug-likeness (QED) is 0.772. The molecule has 0 radical (unpaired) electrons. The number of rotatable bonds is 1. The third-order valence-electron chi connectivity index (χ3n) is 1.73. The Morgan fingerprint density at radius 1 is 1.45 bits per heavy atom. The van der Waals surface area contributed by atoms with Crippen LogP contribution < -0.4 is 5.73 Å². The first-order valence-electron chi connectivity index (χ1n) is 3.63. The molecular weight excluding hydrogens is 249 g/mol. The molecule has 0 aliphatic carbocycles. The zero-order chi connectivity index (χ0) is 8.43. The second kappa shape index (κ2) is 3.54. The zero-order valence-corrected chi connectivity index (χ0v) is 8.92. The maximum Gasteiger partial charge on any atom is 0.0269 e. The lowest BCUT2D eigenvalue weighted by molar-refractivity contribution is 0.809. The number of hydrogen-bond acceptors (Lipinski definition) is 1. The van der Waals surface area contributed by atoms with Crippen LogP contribution >= 0.6 is 22.6 Å². The molecule has 0 spiro atoms. The molecule has 1 rings (SSSR count). The first kappa shape index (κ1) is 9.00. The summed E-state index contributed by atoms with van der Waals surface area (Å²) in [7, 11) is 0. The topological polar surface area (TPSA) is 26.0 Å². The molecular formula is C9H12IN. The Hall–Kier alpha value is -0.0900. The summed E-state index contributed by atoms with van der Waals surface area (Å²) in [6, 6.07) is 6.49. The first-order valence-corrected chi connectivity index (χ1v) is 4.71. The van der Waals surface area contributed by atoms with Crippen molar-refractivity contribution < 1.29 is 0 Å². The van der Waals surface area contributed by atoms with E-state index in [-0.39, 0.29) is 6.04 Å². The third-order valence-corrected chi connectivity index (χ3v) is 2.40. The maximum absolute atomic E-state index is 5.78. The van der Waals surface area contributed by atoms with Crippen LogP contribution in [0.1, 0.15) is 24.1 Å². The second-order valence-electron chi connectivity index (χ2n) is 2.79. The van der Waals surface area contributed by atoms with Crippen LogP contribution in [0.2, 0.25) is 0 Å². The van der Waals surface area contributed by atoms with Gasteiger partial charge in [0, 0.05) is 9.61 Å². The van der Waals surface area contributed by atoms with E-state index < -0.39 is 0 Å². The molecule has 0 saturated heterocycles. The van der Waals surface area contributed by atoms with E-state index in [0.717, 1.165) is 0 Å². The highest BCUT2D eigenvalue weighted by atomic mass is 127. The van der Waals surface area contributed by atoms with Crippen molar-refractivity contribution >= 4 is 22.6 Å². The highest BCUT2D eigenvalue weighted by Crippen LogP contribution is 2.17. The monoisotopic (exact) mass is 261 g/mol. The van der Waals surface area contributed by atoms with Crippen LogP contribution in [0.3, 0.4) is 0 Å². The summed E-state index contributed by atoms with van der Waals surface area (Å²) in [6.45, 7) is 4.10. The van der Waals surface area contributed by atoms with Gasteiger partial charge in [-0.05, 0) is 59.7 Å². The summed E-state index contributed by atoms with van der Waals surface area (Å²) in [4.78, 5) is 0. The van der Waals surface area contributed by atoms with Crippen LogP contribution in [0, 0.1) is 10.5 Å². The lowest BCUT2D eigenvalue weighted by atomic mass is 10.0. The number of halogens is 1. The SMILES string of the molecule is Cc1ccc(I)cc1C(C)N. The molecule has 0 fully saturated rings. The van der Waals surface area contributed by atoms with Crippen molar-refractivity contribution in [2.75, 3.05) is 0 Å². The van der Waals surface area contributed by atoms with Gasteiger partial charge in [0.15, 0.2) is 0 Å². The summed E-state index contributed by atoms with van der Waals surface area (Å²) in [5, 5.41) is 0. The second-order valence-corrected chi connectivity index (χ2v) is 4.04. The van der Waals surface area contributed by atoms with Crippen LogP contribution in [0.25, 0.3) is 0 Å². The van der Waals surface area contributed by atoms with Gasteiger partial charge in [0.05, 0.1) is 0 Å². The van der Waals surface area contributed by atoms with Crippen LogP contribution in [0.4, 0.5) is 0 Å². The Labute approximate surface area is 81.1 Å². The minimum absolute atomic E-state index is 0.143. The lowest BCUT2D eigenvalue weighted by Gasteiger charge is -2.09. The minimum atomic E-state index is 0.143. The fourth-order valence-corrected chi connectivity index (χ4v) is 1.62. The molecule has 1 aromatic rings. The molecule has 2 heteroatoms. The van der Waals surface area contributed by atoms with Gasteiger partial charge in [0.2, 0.25) is 0 Å². The van der Waals surface area contributed by atoms with E-state index in [4.69, 9.17) is 5.73 Å². The number of aryl methyl sites for hydroxylation is 1. The minimum Gasteiger partial charge on any atom is -0.324 e. The third kappa shape index (κ3) is 2.17. The highest BCUT2D eigenvalue weighted by molar-refractivity contribution is 14.1. The van der Waals surface area contributed by atoms with Gasteiger partial charge >= 0.3 is 0 Å². The molecule has 1 aromatic carbocycles. The summed E-state index contributed by atoms with van der Waals surface area (Å²) >= 11 is 2.30. The molecule has 0 aliphatic heterocycles. The van der Waals surface area contributed by atoms with Crippen molar-refractivity contribution in [3.8, 4) is 0 Å². The van der Waals surface area contributed by atoms with E-state index in [0.29, 0.717) is 0 Å². The van der Waals surface area contributed by atoms with Crippen LogP contribution in [-0.4, -0.2) is 0 Å². The highest BCUT2D eigenvalue weighted by Gasteiger charge is 2.02. The molecule has 0 saturated carbocycles. The largest absolute Gasteiger partial charge is 0.324 e. The normalized spacial score (nSPS) is 13.1. The molecule has 0 heterocycles. The fraction of sp³-hybridized carbons (Fsp3) is 0.333. The van der Waals surface area contributed by atoms with Gasteiger partial charge in [-0.25, -0.2) is 0 Å². The van der Waals surface area contributed by atoms with E-state index in [9.17, 15) is 0 Å². The van der Waals surface area contributed by atoms with Crippen molar-refractivity contribution in [2.24, 2.45) is 5.73 Å². The Kier molecular flexibility index (Phi) is 2.90. The number of nitrogens with two attached hydrogens (primary N) is 1. The van der Waals surface area contributed by atoms with E-state index in [1.54, 1.807) is 0 Å². The molecule has 0 bridgehead atoms. The van der Waals surface area contributed by atoms with Crippen molar-refractivity contribution in [1.29, 1.82) is 0 Å². The standard InChI is InChI=1S/C9H12IN/c1-6-3-4-8(10)5-9(6)7(2)11/h3-5,7H,11H2,1-2H3. The van der Waals surface area contributed by atoms with Crippen LogP contribution in [-0.2, 0) is 0 Å². The molecule has 1 unspecified atom stereocenters. The summed E-state index contributed by atoms with van der Waals surface area (Å²) in [6.07, 6.45) is 0. The average Bonchev–Trinajstić information content (AvgIpc) is 1.94. The number of benzene rings is 1. The predicted molar refractivity (Wildman–Crippen MR) is 56.5 cm³/mol. The average molecular weight is 261 g/mol. The van der Waals surface area contributed by atoms with E-state index in [1.807, 2.05) is 6.92 Å². The Morgan fingerprint density at radius 3 is 2.55 bits per heavy atom. The van der Waals surface area contributed by atoms with Gasteiger partial charge in [-0.2, -0.15) is 0 Å². The predicted octanol–water partition coefficient (Wildman–Crippen LogP) is 2.62. The van der Waals surface area contributed by atoms with Gasteiger partial charge in [-0.1, -0.05) is 6.07 Å². The molecule has 0 aliphatic rings. The van der Waals surface area contributed by atoms with E-state index in [1.165, 1.54) is 14.7 Å². The smallest absolute Gasteiger partial charge is 0.0269 e. The van der Waals surface area contributed by atoms with Gasteiger partial charge in [-0.3, -0.25) is 0 Å². The van der Waals surface area contributed by atoms with Gasteiger partial charge in [-0.15, -0.1) is 0 Å². The molecule has 2 N–H and O–H groups in total. The van der Waals surface area contributed by atoms with E-state index >= 15 is 0 Å². The molecule has 0 aromatic heterocycles. The molecule has 1 nitrogen and oxygen atoms in total. The molecule has 1 atom stereocenters. The van der Waals surface area contributed by atoms with Crippen molar-refractivity contribution in [1.82, 2.24) is 0 Å². The Balaban J connectivity index is 3.13. The van der Waals surface area contributed by atoms with Gasteiger partial charge in [0.1, 0.15) is 0 Å². The van der Waals surface area contributed by atoms with Crippen LogP contribution in [0.15, 0.2) is 18.2 Å². The van der Waals surface area contributed by atoms with Crippen molar-refractivity contribution in [3.05, 3.63) is 32.9 Å². The molecule has 11 heavy (non-hydrogen) atoms. The van der Waals surface area contributed by atoms with Gasteiger partial charge < -0.3 is 5.73 Å². The maximum atomic E-state index is 5.78. The first-order chi connectivity index (χ1) is 5.11. The summed E-state index contributed by atoms with van der Waals surface area (Å²) in [5.74, 6) is 0. The summed E-state index contributed by atoms with van der Waals surface area (Å²) < 4.78 is 1.25. The zero-order valence-electron chi connectivity index (χ0n) is 6.76. The fourth-order valence-electron chi connectivity index (χ4n) is 1.10. The number of hydrogen-bond donors (Lipinski definition) is 1. The van der Waals surface area contributed by atoms with Crippen LogP contribution in [0.5, 0.6) is 0 Å². The lowest BCUT2D eigenvalue weighted by Crippen LogP contribution is -2.06. The summed E-state index contributed by atoms with van der Waals surface area (Å²) in [5.41, 5.74) is 8.31. The Bertz CT molecular complexity index is 256. The van der Waals surface area contributed by atoms with Gasteiger partial charge in [0.25, 0.3) is 0 Å². The van der Waals surface area contributed by atoms with Crippen molar-refractivity contribution in [2.45, 2.75) is 19.9 Å². The molecule has 0 amide bonds. The van der Waals surface area contributed by atoms with Crippen molar-refractivity contribution in [3.63, 3.8) is 0 Å².